The van der Waals surface area contributed by atoms with Crippen LogP contribution in [-0.2, 0) is 31.4 Å². The van der Waals surface area contributed by atoms with Gasteiger partial charge in [0.25, 0.3) is 0 Å². The number of fused-ring (bicyclic) bond motifs is 1. The third-order valence-electron chi connectivity index (χ3n) is 4.76. The number of methoxy groups -OCH3 is 2. The van der Waals surface area contributed by atoms with Gasteiger partial charge in [0.1, 0.15) is 5.75 Å². The first-order chi connectivity index (χ1) is 17.9. The molecule has 0 atom stereocenters. The van der Waals surface area contributed by atoms with E-state index in [-0.39, 0.29) is 17.1 Å². The second kappa shape index (κ2) is 15.1. The van der Waals surface area contributed by atoms with Crippen LogP contribution >= 0.6 is 0 Å². The molecule has 3 aromatic carbocycles. The third kappa shape index (κ3) is 9.76. The Labute approximate surface area is 233 Å². The van der Waals surface area contributed by atoms with Gasteiger partial charge in [0.05, 0.1) is 25.5 Å². The number of nitrogens with one attached hydrogen (secondary N) is 2. The number of carboxylic acid groups (broad SMARTS) is 2. The number of hydrogen-bond acceptors (Lipinski definition) is 8. The number of benzene rings is 3. The average Bonchev–Trinajstić information content (AvgIpc) is 3.26. The van der Waals surface area contributed by atoms with Crippen LogP contribution in [0.2, 0.25) is 0 Å². The van der Waals surface area contributed by atoms with E-state index < -0.39 is 29.5 Å². The van der Waals surface area contributed by atoms with Gasteiger partial charge >= 0.3 is 23.0 Å². The van der Waals surface area contributed by atoms with Crippen molar-refractivity contribution in [2.45, 2.75) is 13.8 Å². The summed E-state index contributed by atoms with van der Waals surface area (Å²) in [4.78, 5) is 32.5. The molecule has 0 aliphatic carbocycles. The first-order valence-electron chi connectivity index (χ1n) is 10.9. The molecule has 0 spiro atoms. The van der Waals surface area contributed by atoms with Gasteiger partial charge < -0.3 is 39.6 Å². The molecule has 0 fully saturated rings. The second-order valence-corrected chi connectivity index (χ2v) is 7.63. The van der Waals surface area contributed by atoms with E-state index in [1.165, 1.54) is 7.11 Å². The van der Waals surface area contributed by atoms with E-state index in [9.17, 15) is 13.6 Å². The zero-order chi connectivity index (χ0) is 28.4. The van der Waals surface area contributed by atoms with Crippen LogP contribution in [-0.4, -0.2) is 37.1 Å². The topological polar surface area (TPSA) is 144 Å². The zero-order valence-electron chi connectivity index (χ0n) is 21.2. The number of aliphatic carboxylic acids is 2. The van der Waals surface area contributed by atoms with Gasteiger partial charge in [0, 0.05) is 45.9 Å². The van der Waals surface area contributed by atoms with Gasteiger partial charge in [-0.3, -0.25) is 0 Å². The Morgan fingerprint density at radius 3 is 1.95 bits per heavy atom. The van der Waals surface area contributed by atoms with Crippen LogP contribution in [0.25, 0.3) is 22.2 Å². The molecular weight excluding hydrogens is 566 g/mol. The van der Waals surface area contributed by atoms with Gasteiger partial charge in [-0.05, 0) is 68.4 Å². The van der Waals surface area contributed by atoms with Crippen LogP contribution in [0, 0.1) is 11.6 Å². The summed E-state index contributed by atoms with van der Waals surface area (Å²) in [7, 11) is 2.90. The Morgan fingerprint density at radius 1 is 0.846 bits per heavy atom. The number of anilines is 2. The molecule has 1 radical (unpaired) electrons. The van der Waals surface area contributed by atoms with Gasteiger partial charge in [0.15, 0.2) is 11.6 Å². The summed E-state index contributed by atoms with van der Waals surface area (Å²) in [5, 5.41) is 21.6. The number of H-pyrrole nitrogens is 1. The minimum atomic E-state index is -1.08. The normalized spacial score (nSPS) is 9.59. The van der Waals surface area contributed by atoms with E-state index in [0.29, 0.717) is 33.6 Å². The van der Waals surface area contributed by atoms with Crippen LogP contribution in [0.3, 0.4) is 0 Å². The van der Waals surface area contributed by atoms with E-state index in [2.05, 4.69) is 10.3 Å². The molecule has 1 heterocycles. The number of carbonyl (C=O) groups is 3. The number of carboxylic acids is 2. The number of hydrogen-bond donors (Lipinski definition) is 2. The molecular formula is C27H24CuF2N2O7. The molecule has 12 heteroatoms. The molecule has 39 heavy (non-hydrogen) atoms. The first-order valence-corrected chi connectivity index (χ1v) is 10.9. The molecule has 0 aliphatic rings. The number of halogens is 2. The van der Waals surface area contributed by atoms with Gasteiger partial charge in [-0.2, -0.15) is 0 Å². The van der Waals surface area contributed by atoms with Gasteiger partial charge in [-0.25, -0.2) is 13.6 Å². The predicted octanol–water partition coefficient (Wildman–Crippen LogP) is 3.16. The SMILES string of the molecule is CC(=O)[O-].CC(=O)[O-].COC(=O)c1ccc(Nc2cc(-c3cc4cc(F)c(F)cc4[nH]3)ccc2OC)cc1.[Cu+2]. The van der Waals surface area contributed by atoms with Crippen molar-refractivity contribution in [1.82, 2.24) is 4.98 Å². The molecule has 0 saturated carbocycles. The van der Waals surface area contributed by atoms with E-state index in [1.54, 1.807) is 43.5 Å². The van der Waals surface area contributed by atoms with Crippen molar-refractivity contribution in [1.29, 1.82) is 0 Å². The van der Waals surface area contributed by atoms with Crippen molar-refractivity contribution in [2.75, 3.05) is 19.5 Å². The molecule has 4 aromatic rings. The summed E-state index contributed by atoms with van der Waals surface area (Å²) < 4.78 is 37.2. The maximum atomic E-state index is 13.5. The minimum Gasteiger partial charge on any atom is -0.550 e. The van der Waals surface area contributed by atoms with Gasteiger partial charge in [0.2, 0.25) is 0 Å². The molecule has 1 aromatic heterocycles. The number of carbonyl (C=O) groups excluding carboxylic acids is 3. The quantitative estimate of drug-likeness (QED) is 0.267. The van der Waals surface area contributed by atoms with E-state index in [1.807, 2.05) is 12.1 Å². The average molecular weight is 590 g/mol. The van der Waals surface area contributed by atoms with Crippen molar-refractivity contribution < 1.29 is 59.9 Å². The Hall–Kier alpha value is -4.41. The Bertz CT molecular complexity index is 1380. The smallest absolute Gasteiger partial charge is 0.550 e. The van der Waals surface area contributed by atoms with Crippen LogP contribution in [0.4, 0.5) is 20.2 Å². The van der Waals surface area contributed by atoms with Crippen molar-refractivity contribution >= 4 is 40.2 Å². The van der Waals surface area contributed by atoms with Crippen molar-refractivity contribution in [2.24, 2.45) is 0 Å². The number of ether oxygens (including phenoxy) is 2. The molecule has 0 amide bonds. The van der Waals surface area contributed by atoms with Gasteiger partial charge in [-0.15, -0.1) is 0 Å². The molecule has 0 unspecified atom stereocenters. The van der Waals surface area contributed by atoms with Crippen molar-refractivity contribution in [3.05, 3.63) is 77.9 Å². The molecule has 0 bridgehead atoms. The fourth-order valence-electron chi connectivity index (χ4n) is 3.22. The summed E-state index contributed by atoms with van der Waals surface area (Å²) in [6.45, 7) is 1.94. The maximum absolute atomic E-state index is 13.5. The van der Waals surface area contributed by atoms with E-state index >= 15 is 0 Å². The largest absolute Gasteiger partial charge is 2.00 e. The molecule has 9 nitrogen and oxygen atoms in total. The van der Waals surface area contributed by atoms with Crippen molar-refractivity contribution in [3.8, 4) is 17.0 Å². The third-order valence-corrected chi connectivity index (χ3v) is 4.76. The number of rotatable bonds is 5. The molecule has 0 saturated heterocycles. The second-order valence-electron chi connectivity index (χ2n) is 7.63. The van der Waals surface area contributed by atoms with Crippen LogP contribution in [0.1, 0.15) is 24.2 Å². The van der Waals surface area contributed by atoms with E-state index in [4.69, 9.17) is 29.3 Å². The maximum Gasteiger partial charge on any atom is 2.00 e. The Balaban J connectivity index is 0.000000748. The summed E-state index contributed by atoms with van der Waals surface area (Å²) in [5.74, 6) is -3.75. The van der Waals surface area contributed by atoms with Crippen LogP contribution < -0.4 is 20.3 Å². The van der Waals surface area contributed by atoms with Gasteiger partial charge in [-0.1, -0.05) is 0 Å². The van der Waals surface area contributed by atoms with E-state index in [0.717, 1.165) is 37.2 Å². The number of aromatic amines is 1. The van der Waals surface area contributed by atoms with Crippen LogP contribution in [0.15, 0.2) is 60.7 Å². The van der Waals surface area contributed by atoms with Crippen molar-refractivity contribution in [3.63, 3.8) is 0 Å². The first kappa shape index (κ1) is 32.6. The summed E-state index contributed by atoms with van der Waals surface area (Å²) in [6.07, 6.45) is 0. The summed E-state index contributed by atoms with van der Waals surface area (Å²) in [5.41, 5.74) is 3.91. The predicted molar refractivity (Wildman–Crippen MR) is 133 cm³/mol. The van der Waals surface area contributed by atoms with Crippen LogP contribution in [0.5, 0.6) is 5.75 Å². The Morgan fingerprint density at radius 2 is 1.41 bits per heavy atom. The molecule has 2 N–H and O–H groups in total. The molecule has 209 valence electrons. The number of esters is 1. The molecule has 4 rings (SSSR count). The fourth-order valence-corrected chi connectivity index (χ4v) is 3.22. The zero-order valence-corrected chi connectivity index (χ0v) is 22.1. The Kier molecular flexibility index (Phi) is 12.6. The number of aromatic nitrogens is 1. The fraction of sp³-hybridized carbons (Fsp3) is 0.148. The minimum absolute atomic E-state index is 0. The monoisotopic (exact) mass is 589 g/mol. The summed E-state index contributed by atoms with van der Waals surface area (Å²) in [6, 6.07) is 16.4. The summed E-state index contributed by atoms with van der Waals surface area (Å²) >= 11 is 0. The molecule has 0 aliphatic heterocycles. The standard InChI is InChI=1S/C23H18F2N2O3.2C2H4O2.Cu/c1-29-22-8-5-14(19-11-15-9-17(24)18(25)12-20(15)27-19)10-21(22)26-16-6-3-13(4-7-16)23(28)30-2;2*1-2(3)4;/h3-12,26-27H,1-2H3;2*1H3,(H,3,4);/q;;;+2/p-2.